The molecule has 2 aromatic rings. The van der Waals surface area contributed by atoms with Crippen LogP contribution in [0.25, 0.3) is 0 Å². The molecular formula is C19H20N2O4. The first-order valence-electron chi connectivity index (χ1n) is 7.86. The molecule has 2 N–H and O–H groups in total. The van der Waals surface area contributed by atoms with Crippen molar-refractivity contribution in [1.82, 2.24) is 5.32 Å². The molecule has 0 unspecified atom stereocenters. The normalized spacial score (nSPS) is 10.0. The lowest BCUT2D eigenvalue weighted by Crippen LogP contribution is -2.34. The lowest BCUT2D eigenvalue weighted by atomic mass is 10.1. The van der Waals surface area contributed by atoms with Crippen LogP contribution in [0.5, 0.6) is 5.75 Å². The molecule has 0 aliphatic heterocycles. The van der Waals surface area contributed by atoms with E-state index in [1.54, 1.807) is 18.2 Å². The van der Waals surface area contributed by atoms with Crippen LogP contribution in [-0.2, 0) is 9.59 Å². The van der Waals surface area contributed by atoms with E-state index < -0.39 is 11.7 Å². The van der Waals surface area contributed by atoms with Gasteiger partial charge in [-0.1, -0.05) is 29.8 Å². The highest BCUT2D eigenvalue weighted by atomic mass is 16.5. The molecule has 2 rings (SSSR count). The first-order valence-corrected chi connectivity index (χ1v) is 7.86. The summed E-state index contributed by atoms with van der Waals surface area (Å²) >= 11 is 0. The minimum absolute atomic E-state index is 0.148. The predicted molar refractivity (Wildman–Crippen MR) is 94.8 cm³/mol. The van der Waals surface area contributed by atoms with Gasteiger partial charge in [0.15, 0.2) is 0 Å². The van der Waals surface area contributed by atoms with E-state index in [0.29, 0.717) is 11.4 Å². The molecule has 130 valence electrons. The molecule has 0 aliphatic carbocycles. The highest BCUT2D eigenvalue weighted by Crippen LogP contribution is 2.15. The van der Waals surface area contributed by atoms with Crippen LogP contribution < -0.4 is 15.4 Å². The fourth-order valence-corrected chi connectivity index (χ4v) is 2.15. The van der Waals surface area contributed by atoms with Crippen LogP contribution in [0, 0.1) is 6.92 Å². The quantitative estimate of drug-likeness (QED) is 0.460. The topological polar surface area (TPSA) is 84.5 Å². The van der Waals surface area contributed by atoms with Crippen molar-refractivity contribution >= 4 is 23.3 Å². The SMILES string of the molecule is CC(=O)Nc1ccccc1C(=O)C(=O)NCCOc1ccc(C)cc1. The summed E-state index contributed by atoms with van der Waals surface area (Å²) in [5.41, 5.74) is 1.59. The Hall–Kier alpha value is -3.15. The van der Waals surface area contributed by atoms with Crippen LogP contribution >= 0.6 is 0 Å². The number of nitrogens with one attached hydrogen (secondary N) is 2. The van der Waals surface area contributed by atoms with Crippen molar-refractivity contribution in [1.29, 1.82) is 0 Å². The number of hydrogen-bond donors (Lipinski definition) is 2. The number of carbonyl (C=O) groups is 3. The summed E-state index contributed by atoms with van der Waals surface area (Å²) < 4.78 is 5.49. The van der Waals surface area contributed by atoms with Gasteiger partial charge in [-0.15, -0.1) is 0 Å². The Balaban J connectivity index is 1.87. The van der Waals surface area contributed by atoms with Gasteiger partial charge in [0.2, 0.25) is 5.91 Å². The smallest absolute Gasteiger partial charge is 0.292 e. The zero-order valence-electron chi connectivity index (χ0n) is 14.2. The van der Waals surface area contributed by atoms with Crippen molar-refractivity contribution in [2.75, 3.05) is 18.5 Å². The molecule has 0 spiro atoms. The molecule has 0 aromatic heterocycles. The lowest BCUT2D eigenvalue weighted by molar-refractivity contribution is -0.117. The van der Waals surface area contributed by atoms with Gasteiger partial charge in [0.1, 0.15) is 12.4 Å². The van der Waals surface area contributed by atoms with Crippen LogP contribution in [0.15, 0.2) is 48.5 Å². The number of ether oxygens (including phenoxy) is 1. The van der Waals surface area contributed by atoms with E-state index in [1.165, 1.54) is 13.0 Å². The van der Waals surface area contributed by atoms with Gasteiger partial charge < -0.3 is 15.4 Å². The van der Waals surface area contributed by atoms with E-state index >= 15 is 0 Å². The second-order valence-electron chi connectivity index (χ2n) is 5.47. The summed E-state index contributed by atoms with van der Waals surface area (Å²) in [5, 5.41) is 5.05. The molecule has 0 fully saturated rings. The van der Waals surface area contributed by atoms with Crippen LogP contribution in [0.3, 0.4) is 0 Å². The van der Waals surface area contributed by atoms with Crippen molar-refractivity contribution in [2.24, 2.45) is 0 Å². The van der Waals surface area contributed by atoms with E-state index in [-0.39, 0.29) is 24.6 Å². The van der Waals surface area contributed by atoms with E-state index in [2.05, 4.69) is 10.6 Å². The van der Waals surface area contributed by atoms with Crippen LogP contribution in [-0.4, -0.2) is 30.7 Å². The number of carbonyl (C=O) groups excluding carboxylic acids is 3. The second-order valence-corrected chi connectivity index (χ2v) is 5.47. The van der Waals surface area contributed by atoms with Gasteiger partial charge in [0, 0.05) is 6.92 Å². The Bertz CT molecular complexity index is 769. The van der Waals surface area contributed by atoms with Crippen molar-refractivity contribution in [2.45, 2.75) is 13.8 Å². The Morgan fingerprint density at radius 2 is 1.68 bits per heavy atom. The maximum absolute atomic E-state index is 12.2. The molecule has 2 amide bonds. The first kappa shape index (κ1) is 18.2. The third-order valence-corrected chi connectivity index (χ3v) is 3.37. The maximum atomic E-state index is 12.2. The molecule has 0 bridgehead atoms. The monoisotopic (exact) mass is 340 g/mol. The van der Waals surface area contributed by atoms with E-state index in [9.17, 15) is 14.4 Å². The zero-order chi connectivity index (χ0) is 18.2. The number of ketones is 1. The molecule has 0 saturated heterocycles. The van der Waals surface area contributed by atoms with Crippen LogP contribution in [0.2, 0.25) is 0 Å². The second kappa shape index (κ2) is 8.63. The molecule has 25 heavy (non-hydrogen) atoms. The number of benzene rings is 2. The Morgan fingerprint density at radius 3 is 2.36 bits per heavy atom. The molecule has 6 heteroatoms. The minimum Gasteiger partial charge on any atom is -0.492 e. The zero-order valence-corrected chi connectivity index (χ0v) is 14.2. The summed E-state index contributed by atoms with van der Waals surface area (Å²) in [5.74, 6) is -1.07. The van der Waals surface area contributed by atoms with E-state index in [0.717, 1.165) is 5.56 Å². The summed E-state index contributed by atoms with van der Waals surface area (Å²) in [4.78, 5) is 35.4. The molecule has 0 saturated carbocycles. The standard InChI is InChI=1S/C19H20N2O4/c1-13-7-9-15(10-8-13)25-12-11-20-19(24)18(23)16-5-3-4-6-17(16)21-14(2)22/h3-10H,11-12H2,1-2H3,(H,20,24)(H,21,22). The van der Waals surface area contributed by atoms with Crippen LogP contribution in [0.1, 0.15) is 22.8 Å². The Kier molecular flexibility index (Phi) is 6.28. The van der Waals surface area contributed by atoms with Crippen molar-refractivity contribution in [3.63, 3.8) is 0 Å². The lowest BCUT2D eigenvalue weighted by Gasteiger charge is -2.10. The maximum Gasteiger partial charge on any atom is 0.292 e. The third kappa shape index (κ3) is 5.46. The summed E-state index contributed by atoms with van der Waals surface area (Å²) in [6.45, 7) is 3.76. The summed E-state index contributed by atoms with van der Waals surface area (Å²) in [6.07, 6.45) is 0. The number of anilines is 1. The number of rotatable bonds is 7. The average molecular weight is 340 g/mol. The first-order chi connectivity index (χ1) is 12.0. The average Bonchev–Trinajstić information content (AvgIpc) is 2.59. The molecule has 0 atom stereocenters. The van der Waals surface area contributed by atoms with Crippen LogP contribution in [0.4, 0.5) is 5.69 Å². The molecule has 2 aromatic carbocycles. The van der Waals surface area contributed by atoms with E-state index in [4.69, 9.17) is 4.74 Å². The number of amides is 2. The molecular weight excluding hydrogens is 320 g/mol. The third-order valence-electron chi connectivity index (χ3n) is 3.37. The molecule has 0 radical (unpaired) electrons. The number of para-hydroxylation sites is 1. The van der Waals surface area contributed by atoms with Crippen molar-refractivity contribution < 1.29 is 19.1 Å². The van der Waals surface area contributed by atoms with Crippen molar-refractivity contribution in [3.05, 3.63) is 59.7 Å². The van der Waals surface area contributed by atoms with Gasteiger partial charge in [0.05, 0.1) is 17.8 Å². The Labute approximate surface area is 146 Å². The number of hydrogen-bond acceptors (Lipinski definition) is 4. The number of Topliss-reactive ketones (excluding diaryl/α,β-unsaturated/α-hetero) is 1. The Morgan fingerprint density at radius 1 is 1.00 bits per heavy atom. The molecule has 0 aliphatic rings. The highest BCUT2D eigenvalue weighted by molar-refractivity contribution is 6.44. The van der Waals surface area contributed by atoms with Gasteiger partial charge in [-0.25, -0.2) is 0 Å². The summed E-state index contributed by atoms with van der Waals surface area (Å²) in [7, 11) is 0. The van der Waals surface area contributed by atoms with Gasteiger partial charge >= 0.3 is 0 Å². The van der Waals surface area contributed by atoms with E-state index in [1.807, 2.05) is 31.2 Å². The van der Waals surface area contributed by atoms with Gasteiger partial charge in [0.25, 0.3) is 11.7 Å². The van der Waals surface area contributed by atoms with Gasteiger partial charge in [-0.2, -0.15) is 0 Å². The molecule has 6 nitrogen and oxygen atoms in total. The molecule has 0 heterocycles. The fourth-order valence-electron chi connectivity index (χ4n) is 2.15. The minimum atomic E-state index is -0.745. The number of aryl methyl sites for hydroxylation is 1. The van der Waals surface area contributed by atoms with Gasteiger partial charge in [-0.05, 0) is 31.2 Å². The summed E-state index contributed by atoms with van der Waals surface area (Å²) in [6, 6.07) is 13.9. The van der Waals surface area contributed by atoms with Crippen molar-refractivity contribution in [3.8, 4) is 5.75 Å². The van der Waals surface area contributed by atoms with Gasteiger partial charge in [-0.3, -0.25) is 14.4 Å². The fraction of sp³-hybridized carbons (Fsp3) is 0.211. The largest absolute Gasteiger partial charge is 0.492 e. The predicted octanol–water partition coefficient (Wildman–Crippen LogP) is 2.33. The highest BCUT2D eigenvalue weighted by Gasteiger charge is 2.19.